The molecule has 7 heteroatoms. The summed E-state index contributed by atoms with van der Waals surface area (Å²) >= 11 is 0. The Morgan fingerprint density at radius 3 is 2.52 bits per heavy atom. The Bertz CT molecular complexity index is 696. The van der Waals surface area contributed by atoms with Crippen molar-refractivity contribution in [2.45, 2.75) is 27.0 Å². The first kappa shape index (κ1) is 17.3. The van der Waals surface area contributed by atoms with Crippen LogP contribution in [0.2, 0.25) is 0 Å². The second-order valence-corrected chi connectivity index (χ2v) is 7.18. The van der Waals surface area contributed by atoms with Gasteiger partial charge in [0.05, 0.1) is 18.7 Å². The van der Waals surface area contributed by atoms with Gasteiger partial charge in [-0.2, -0.15) is 5.01 Å². The Balaban J connectivity index is 1.73. The van der Waals surface area contributed by atoms with Crippen molar-refractivity contribution in [3.05, 3.63) is 47.7 Å². The van der Waals surface area contributed by atoms with Crippen LogP contribution >= 0.6 is 0 Å². The number of benzene rings is 1. The molecular weight excluding hydrogens is 322 g/mol. The molecule has 1 aromatic rings. The van der Waals surface area contributed by atoms with E-state index in [4.69, 9.17) is 9.57 Å². The molecule has 0 N–H and O–H groups in total. The highest BCUT2D eigenvalue weighted by molar-refractivity contribution is 5.89. The third-order valence-electron chi connectivity index (χ3n) is 4.09. The highest BCUT2D eigenvalue weighted by Crippen LogP contribution is 2.32. The van der Waals surface area contributed by atoms with Crippen LogP contribution in [0.5, 0.6) is 0 Å². The summed E-state index contributed by atoms with van der Waals surface area (Å²) in [7, 11) is 1.67. The largest absolute Gasteiger partial charge is 0.434 e. The van der Waals surface area contributed by atoms with Crippen molar-refractivity contribution in [3.8, 4) is 0 Å². The van der Waals surface area contributed by atoms with E-state index in [2.05, 4.69) is 0 Å². The van der Waals surface area contributed by atoms with Gasteiger partial charge in [-0.3, -0.25) is 0 Å². The zero-order valence-electron chi connectivity index (χ0n) is 14.9. The number of hydrazine groups is 1. The first-order valence-corrected chi connectivity index (χ1v) is 8.24. The topological polar surface area (TPSA) is 62.3 Å². The number of allylic oxidation sites excluding steroid dienone is 1. The van der Waals surface area contributed by atoms with E-state index in [0.717, 1.165) is 5.76 Å². The van der Waals surface area contributed by atoms with E-state index >= 15 is 0 Å². The maximum absolute atomic E-state index is 12.5. The molecule has 1 unspecified atom stereocenters. The molecule has 1 saturated heterocycles. The highest BCUT2D eigenvalue weighted by Gasteiger charge is 2.44. The van der Waals surface area contributed by atoms with Crippen molar-refractivity contribution in [1.82, 2.24) is 15.1 Å². The molecule has 2 amide bonds. The monoisotopic (exact) mass is 345 g/mol. The van der Waals surface area contributed by atoms with Gasteiger partial charge in [0.2, 0.25) is 6.23 Å². The number of carbonyl (C=O) groups is 2. The summed E-state index contributed by atoms with van der Waals surface area (Å²) in [5, 5.41) is 2.81. The molecule has 1 fully saturated rings. The van der Waals surface area contributed by atoms with Gasteiger partial charge in [0.15, 0.2) is 0 Å². The lowest BCUT2D eigenvalue weighted by Crippen LogP contribution is -2.48. The second kappa shape index (κ2) is 6.40. The molecule has 7 nitrogen and oxygen atoms in total. The maximum Gasteiger partial charge on any atom is 0.340 e. The molecule has 134 valence electrons. The smallest absolute Gasteiger partial charge is 0.340 e. The van der Waals surface area contributed by atoms with Crippen molar-refractivity contribution in [3.63, 3.8) is 0 Å². The molecule has 1 atom stereocenters. The van der Waals surface area contributed by atoms with Crippen LogP contribution in [0.15, 0.2) is 42.2 Å². The summed E-state index contributed by atoms with van der Waals surface area (Å²) in [6.45, 7) is 6.81. The van der Waals surface area contributed by atoms with E-state index in [1.54, 1.807) is 31.3 Å². The second-order valence-electron chi connectivity index (χ2n) is 7.18. The number of ether oxygens (including phenoxy) is 1. The predicted octanol–water partition coefficient (Wildman–Crippen LogP) is 2.63. The zero-order chi connectivity index (χ0) is 18.2. The van der Waals surface area contributed by atoms with Gasteiger partial charge in [0.25, 0.3) is 0 Å². The van der Waals surface area contributed by atoms with Crippen LogP contribution in [-0.4, -0.2) is 53.4 Å². The molecular formula is C18H23N3O4. The minimum atomic E-state index is -0.738. The highest BCUT2D eigenvalue weighted by atomic mass is 16.7. The van der Waals surface area contributed by atoms with Gasteiger partial charge in [-0.05, 0) is 23.4 Å². The normalized spacial score (nSPS) is 21.4. The summed E-state index contributed by atoms with van der Waals surface area (Å²) in [5.74, 6) is 0.310. The molecule has 2 heterocycles. The molecule has 2 aliphatic rings. The molecule has 0 radical (unpaired) electrons. The van der Waals surface area contributed by atoms with Crippen LogP contribution in [-0.2, 0) is 9.57 Å². The Morgan fingerprint density at radius 1 is 1.24 bits per heavy atom. The standard InChI is InChI=1S/C18H23N3O4/c1-18(2,3)14-10-11-20(25-14)21-15(12-19(4)17(21)23)24-16(22)13-8-6-5-7-9-13/h5-10,15H,11-12H2,1-4H3. The zero-order valence-corrected chi connectivity index (χ0v) is 14.9. The van der Waals surface area contributed by atoms with E-state index in [-0.39, 0.29) is 18.0 Å². The number of carbonyl (C=O) groups excluding carboxylic acids is 2. The van der Waals surface area contributed by atoms with Gasteiger partial charge in [0, 0.05) is 12.5 Å². The average Bonchev–Trinajstić information content (AvgIpc) is 3.14. The van der Waals surface area contributed by atoms with E-state index in [1.165, 1.54) is 15.1 Å². The van der Waals surface area contributed by atoms with Gasteiger partial charge in [0.1, 0.15) is 5.76 Å². The number of nitrogens with zero attached hydrogens (tertiary/aromatic N) is 3. The summed E-state index contributed by atoms with van der Waals surface area (Å²) in [6.07, 6.45) is 1.19. The Labute approximate surface area is 147 Å². The van der Waals surface area contributed by atoms with Crippen LogP contribution in [0.3, 0.4) is 0 Å². The molecule has 0 bridgehead atoms. The average molecular weight is 345 g/mol. The number of hydroxylamine groups is 1. The molecule has 0 saturated carbocycles. The third-order valence-corrected chi connectivity index (χ3v) is 4.09. The van der Waals surface area contributed by atoms with Gasteiger partial charge >= 0.3 is 12.0 Å². The lowest BCUT2D eigenvalue weighted by Gasteiger charge is -2.31. The number of rotatable bonds is 3. The minimum absolute atomic E-state index is 0.167. The molecule has 3 rings (SSSR count). The lowest BCUT2D eigenvalue weighted by molar-refractivity contribution is -0.252. The van der Waals surface area contributed by atoms with Crippen molar-refractivity contribution >= 4 is 12.0 Å². The van der Waals surface area contributed by atoms with Crippen LogP contribution in [0.4, 0.5) is 4.79 Å². The number of hydrogen-bond acceptors (Lipinski definition) is 5. The van der Waals surface area contributed by atoms with Crippen LogP contribution < -0.4 is 0 Å². The number of urea groups is 1. The molecule has 0 spiro atoms. The maximum atomic E-state index is 12.5. The number of hydrogen-bond donors (Lipinski definition) is 0. The molecule has 0 aliphatic carbocycles. The lowest BCUT2D eigenvalue weighted by atomic mass is 9.94. The van der Waals surface area contributed by atoms with Crippen molar-refractivity contribution in [2.75, 3.05) is 20.1 Å². The molecule has 1 aromatic carbocycles. The van der Waals surface area contributed by atoms with E-state index in [1.807, 2.05) is 32.9 Å². The molecule has 2 aliphatic heterocycles. The van der Waals surface area contributed by atoms with Crippen LogP contribution in [0.25, 0.3) is 0 Å². The Morgan fingerprint density at radius 2 is 1.92 bits per heavy atom. The Hall–Kier alpha value is -2.54. The van der Waals surface area contributed by atoms with Crippen LogP contribution in [0.1, 0.15) is 31.1 Å². The van der Waals surface area contributed by atoms with Crippen molar-refractivity contribution < 1.29 is 19.2 Å². The summed E-state index contributed by atoms with van der Waals surface area (Å²) in [6, 6.07) is 8.45. The summed E-state index contributed by atoms with van der Waals surface area (Å²) in [4.78, 5) is 32.2. The number of likely N-dealkylation sites (N-methyl/N-ethyl adjacent to an activating group) is 1. The van der Waals surface area contributed by atoms with Gasteiger partial charge in [-0.1, -0.05) is 39.0 Å². The fraction of sp³-hybridized carbons (Fsp3) is 0.444. The van der Waals surface area contributed by atoms with E-state index in [0.29, 0.717) is 12.1 Å². The summed E-state index contributed by atoms with van der Waals surface area (Å²) < 4.78 is 5.56. The van der Waals surface area contributed by atoms with Gasteiger partial charge < -0.3 is 14.5 Å². The fourth-order valence-electron chi connectivity index (χ4n) is 2.70. The number of amides is 2. The van der Waals surface area contributed by atoms with E-state index < -0.39 is 12.2 Å². The van der Waals surface area contributed by atoms with Gasteiger partial charge in [-0.15, -0.1) is 0 Å². The molecule has 0 aromatic heterocycles. The third kappa shape index (κ3) is 3.46. The fourth-order valence-corrected chi connectivity index (χ4v) is 2.70. The Kier molecular flexibility index (Phi) is 4.43. The first-order chi connectivity index (χ1) is 11.8. The summed E-state index contributed by atoms with van der Waals surface area (Å²) in [5.41, 5.74) is 0.278. The quantitative estimate of drug-likeness (QED) is 0.788. The SMILES string of the molecule is CN1CC(OC(=O)c2ccccc2)N(N2CC=C(C(C)(C)C)O2)C1=O. The van der Waals surface area contributed by atoms with Crippen molar-refractivity contribution in [1.29, 1.82) is 0 Å². The first-order valence-electron chi connectivity index (χ1n) is 8.24. The molecule has 25 heavy (non-hydrogen) atoms. The minimum Gasteiger partial charge on any atom is -0.434 e. The van der Waals surface area contributed by atoms with Gasteiger partial charge in [-0.25, -0.2) is 9.59 Å². The predicted molar refractivity (Wildman–Crippen MR) is 90.8 cm³/mol. The number of esters is 1. The van der Waals surface area contributed by atoms with Crippen LogP contribution in [0, 0.1) is 5.41 Å². The van der Waals surface area contributed by atoms with Crippen molar-refractivity contribution in [2.24, 2.45) is 5.41 Å². The van der Waals surface area contributed by atoms with E-state index in [9.17, 15) is 9.59 Å².